The quantitative estimate of drug-likeness (QED) is 0.816. The summed E-state index contributed by atoms with van der Waals surface area (Å²) in [5, 5.41) is 10.4. The highest BCUT2D eigenvalue weighted by atomic mass is 16.5. The van der Waals surface area contributed by atoms with Crippen LogP contribution in [0.4, 0.5) is 0 Å². The van der Waals surface area contributed by atoms with Gasteiger partial charge in [0.05, 0.1) is 23.5 Å². The van der Waals surface area contributed by atoms with Crippen LogP contribution < -0.4 is 0 Å². The molecule has 3 rings (SSSR count). The van der Waals surface area contributed by atoms with E-state index in [4.69, 9.17) is 4.74 Å². The number of aromatic hydroxyl groups is 1. The number of nitrogens with zero attached hydrogens (tertiary/aromatic N) is 3. The first kappa shape index (κ1) is 16.9. The summed E-state index contributed by atoms with van der Waals surface area (Å²) in [6, 6.07) is 0. The summed E-state index contributed by atoms with van der Waals surface area (Å²) in [7, 11) is 0. The molecule has 6 heteroatoms. The maximum atomic E-state index is 10.4. The van der Waals surface area contributed by atoms with E-state index in [0.717, 1.165) is 43.6 Å². The van der Waals surface area contributed by atoms with Crippen LogP contribution in [0.5, 0.6) is 5.75 Å². The van der Waals surface area contributed by atoms with E-state index in [1.807, 2.05) is 6.20 Å². The highest BCUT2D eigenvalue weighted by Gasteiger charge is 2.30. The fourth-order valence-electron chi connectivity index (χ4n) is 3.20. The van der Waals surface area contributed by atoms with Crippen molar-refractivity contribution in [3.8, 4) is 17.1 Å². The van der Waals surface area contributed by atoms with Crippen molar-refractivity contribution in [2.45, 2.75) is 52.4 Å². The first-order valence-corrected chi connectivity index (χ1v) is 8.63. The van der Waals surface area contributed by atoms with Gasteiger partial charge in [-0.3, -0.25) is 9.88 Å². The Balaban J connectivity index is 1.66. The number of hydrogen-bond donors (Lipinski definition) is 2. The Morgan fingerprint density at radius 3 is 2.88 bits per heavy atom. The second-order valence-electron chi connectivity index (χ2n) is 6.58. The lowest BCUT2D eigenvalue weighted by molar-refractivity contribution is -0.0910. The van der Waals surface area contributed by atoms with Crippen molar-refractivity contribution < 1.29 is 9.84 Å². The molecule has 1 unspecified atom stereocenters. The molecule has 0 radical (unpaired) electrons. The molecule has 2 aromatic rings. The Labute approximate surface area is 142 Å². The van der Waals surface area contributed by atoms with Crippen LogP contribution in [0.15, 0.2) is 18.6 Å². The van der Waals surface area contributed by atoms with E-state index in [9.17, 15) is 5.11 Å². The lowest BCUT2D eigenvalue weighted by Gasteiger charge is -2.40. The highest BCUT2D eigenvalue weighted by molar-refractivity contribution is 5.68. The van der Waals surface area contributed by atoms with Crippen molar-refractivity contribution in [2.24, 2.45) is 0 Å². The van der Waals surface area contributed by atoms with Crippen molar-refractivity contribution in [1.82, 2.24) is 19.9 Å². The molecule has 1 saturated heterocycles. The first-order chi connectivity index (χ1) is 11.6. The van der Waals surface area contributed by atoms with Crippen molar-refractivity contribution in [3.63, 3.8) is 0 Å². The van der Waals surface area contributed by atoms with E-state index >= 15 is 0 Å². The number of pyridine rings is 1. The number of imidazole rings is 1. The summed E-state index contributed by atoms with van der Waals surface area (Å²) in [5.74, 6) is 0.880. The van der Waals surface area contributed by atoms with Gasteiger partial charge in [0.2, 0.25) is 0 Å². The van der Waals surface area contributed by atoms with Crippen LogP contribution in [0.25, 0.3) is 11.4 Å². The average Bonchev–Trinajstić information content (AvgIpc) is 3.03. The zero-order valence-electron chi connectivity index (χ0n) is 14.6. The van der Waals surface area contributed by atoms with Crippen molar-refractivity contribution in [3.05, 3.63) is 29.8 Å². The SMILES string of the molecule is CCCC(C)OC1CN(Cc2cnc(C)c(O)c2-c2ncc[nH]2)C1. The fraction of sp³-hybridized carbons (Fsp3) is 0.556. The third-order valence-electron chi connectivity index (χ3n) is 4.49. The molecule has 1 atom stereocenters. The molecule has 3 heterocycles. The summed E-state index contributed by atoms with van der Waals surface area (Å²) >= 11 is 0. The summed E-state index contributed by atoms with van der Waals surface area (Å²) in [6.07, 6.45) is 8.18. The molecule has 130 valence electrons. The number of hydrogen-bond acceptors (Lipinski definition) is 5. The molecular formula is C18H26N4O2. The van der Waals surface area contributed by atoms with E-state index in [-0.39, 0.29) is 5.75 Å². The molecule has 2 N–H and O–H groups in total. The van der Waals surface area contributed by atoms with Crippen LogP contribution in [0.1, 0.15) is 37.9 Å². The number of H-pyrrole nitrogens is 1. The van der Waals surface area contributed by atoms with Gasteiger partial charge in [-0.2, -0.15) is 0 Å². The Morgan fingerprint density at radius 1 is 1.42 bits per heavy atom. The zero-order valence-corrected chi connectivity index (χ0v) is 14.6. The average molecular weight is 330 g/mol. The third-order valence-corrected chi connectivity index (χ3v) is 4.49. The molecule has 0 saturated carbocycles. The van der Waals surface area contributed by atoms with Gasteiger partial charge < -0.3 is 14.8 Å². The van der Waals surface area contributed by atoms with Crippen molar-refractivity contribution >= 4 is 0 Å². The van der Waals surface area contributed by atoms with Gasteiger partial charge in [0, 0.05) is 38.2 Å². The van der Waals surface area contributed by atoms with Gasteiger partial charge >= 0.3 is 0 Å². The maximum absolute atomic E-state index is 10.4. The molecule has 0 amide bonds. The largest absolute Gasteiger partial charge is 0.505 e. The van der Waals surface area contributed by atoms with Gasteiger partial charge in [0.15, 0.2) is 0 Å². The topological polar surface area (TPSA) is 74.3 Å². The molecule has 2 aromatic heterocycles. The monoisotopic (exact) mass is 330 g/mol. The fourth-order valence-corrected chi connectivity index (χ4v) is 3.20. The van der Waals surface area contributed by atoms with E-state index in [1.54, 1.807) is 19.3 Å². The van der Waals surface area contributed by atoms with Gasteiger partial charge in [0.25, 0.3) is 0 Å². The number of nitrogens with one attached hydrogen (secondary N) is 1. The number of ether oxygens (including phenoxy) is 1. The zero-order chi connectivity index (χ0) is 17.1. The minimum Gasteiger partial charge on any atom is -0.505 e. The predicted octanol–water partition coefficient (Wildman–Crippen LogP) is 2.88. The van der Waals surface area contributed by atoms with Crippen LogP contribution >= 0.6 is 0 Å². The van der Waals surface area contributed by atoms with E-state index in [0.29, 0.717) is 23.7 Å². The molecular weight excluding hydrogens is 304 g/mol. The first-order valence-electron chi connectivity index (χ1n) is 8.63. The normalized spacial score (nSPS) is 17.0. The Morgan fingerprint density at radius 2 is 2.21 bits per heavy atom. The molecule has 0 aromatic carbocycles. The predicted molar refractivity (Wildman–Crippen MR) is 92.7 cm³/mol. The van der Waals surface area contributed by atoms with Gasteiger partial charge in [0.1, 0.15) is 11.6 Å². The molecule has 1 fully saturated rings. The van der Waals surface area contributed by atoms with Crippen LogP contribution in [-0.2, 0) is 11.3 Å². The molecule has 6 nitrogen and oxygen atoms in total. The number of aromatic amines is 1. The molecule has 24 heavy (non-hydrogen) atoms. The van der Waals surface area contributed by atoms with Crippen LogP contribution in [0.2, 0.25) is 0 Å². The summed E-state index contributed by atoms with van der Waals surface area (Å²) < 4.78 is 6.01. The van der Waals surface area contributed by atoms with E-state index in [1.165, 1.54) is 0 Å². The number of likely N-dealkylation sites (tertiary alicyclic amines) is 1. The van der Waals surface area contributed by atoms with Gasteiger partial charge in [-0.25, -0.2) is 4.98 Å². The smallest absolute Gasteiger partial charge is 0.148 e. The second kappa shape index (κ2) is 7.32. The second-order valence-corrected chi connectivity index (χ2v) is 6.58. The minimum atomic E-state index is 0.201. The highest BCUT2D eigenvalue weighted by Crippen LogP contribution is 2.33. The number of aromatic nitrogens is 3. The lowest BCUT2D eigenvalue weighted by Crippen LogP contribution is -2.52. The van der Waals surface area contributed by atoms with Crippen molar-refractivity contribution in [2.75, 3.05) is 13.1 Å². The number of rotatable bonds is 7. The van der Waals surface area contributed by atoms with E-state index in [2.05, 4.69) is 33.7 Å². The summed E-state index contributed by atoms with van der Waals surface area (Å²) in [6.45, 7) is 8.69. The van der Waals surface area contributed by atoms with Crippen LogP contribution in [0, 0.1) is 6.92 Å². The molecule has 1 aliphatic rings. The van der Waals surface area contributed by atoms with Gasteiger partial charge in [-0.15, -0.1) is 0 Å². The Hall–Kier alpha value is -1.92. The molecule has 0 spiro atoms. The lowest BCUT2D eigenvalue weighted by atomic mass is 10.0. The van der Waals surface area contributed by atoms with Gasteiger partial charge in [-0.1, -0.05) is 13.3 Å². The van der Waals surface area contributed by atoms with Crippen molar-refractivity contribution in [1.29, 1.82) is 0 Å². The Kier molecular flexibility index (Phi) is 5.16. The molecule has 0 aliphatic carbocycles. The maximum Gasteiger partial charge on any atom is 0.148 e. The van der Waals surface area contributed by atoms with Crippen LogP contribution in [0.3, 0.4) is 0 Å². The third kappa shape index (κ3) is 3.60. The summed E-state index contributed by atoms with van der Waals surface area (Å²) in [4.78, 5) is 14.0. The van der Waals surface area contributed by atoms with Gasteiger partial charge in [-0.05, 0) is 25.8 Å². The standard InChI is InChI=1S/C18H26N4O2/c1-4-5-12(2)24-15-10-22(11-15)9-14-8-21-13(3)17(23)16(14)18-19-6-7-20-18/h6-8,12,15,23H,4-5,9-11H2,1-3H3,(H,19,20). The Bertz CT molecular complexity index is 666. The van der Waals surface area contributed by atoms with E-state index < -0.39 is 0 Å². The minimum absolute atomic E-state index is 0.201. The number of aryl methyl sites for hydroxylation is 1. The van der Waals surface area contributed by atoms with Crippen LogP contribution in [-0.4, -0.2) is 50.3 Å². The molecule has 1 aliphatic heterocycles. The molecule has 0 bridgehead atoms. The summed E-state index contributed by atoms with van der Waals surface area (Å²) in [5.41, 5.74) is 2.34.